The van der Waals surface area contributed by atoms with Crippen molar-refractivity contribution in [2.75, 3.05) is 16.8 Å². The van der Waals surface area contributed by atoms with E-state index in [2.05, 4.69) is 10.3 Å². The molecule has 1 fully saturated rings. The smallest absolute Gasteiger partial charge is 0.330 e. The van der Waals surface area contributed by atoms with Crippen molar-refractivity contribution in [3.63, 3.8) is 0 Å². The summed E-state index contributed by atoms with van der Waals surface area (Å²) in [4.78, 5) is 14.1. The summed E-state index contributed by atoms with van der Waals surface area (Å²) in [6.07, 6.45) is 4.81. The summed E-state index contributed by atoms with van der Waals surface area (Å²) in [6, 6.07) is 7.33. The molecule has 0 saturated carbocycles. The molecule has 1 aromatic heterocycles. The lowest BCUT2D eigenvalue weighted by Gasteiger charge is -2.24. The minimum Gasteiger partial charge on any atom is -0.381 e. The van der Waals surface area contributed by atoms with Crippen LogP contribution in [0.5, 0.6) is 0 Å². The third-order valence-corrected chi connectivity index (χ3v) is 5.45. The van der Waals surface area contributed by atoms with Gasteiger partial charge in [-0.1, -0.05) is 0 Å². The molecule has 1 unspecified atom stereocenters. The standard InChI is InChI=1S/C14H17N3O3S/c18-14-15-7-8-17(14)13-5-3-11(4-6-13)16-12-2-1-9-21(19,20)10-12/h3-8,12,16H,1-2,9-10H2,(H,15,18). The third-order valence-electron chi connectivity index (χ3n) is 3.63. The van der Waals surface area contributed by atoms with Gasteiger partial charge in [0.15, 0.2) is 9.84 Å². The van der Waals surface area contributed by atoms with E-state index in [1.54, 1.807) is 12.4 Å². The van der Waals surface area contributed by atoms with Crippen LogP contribution in [-0.2, 0) is 9.84 Å². The van der Waals surface area contributed by atoms with Crippen molar-refractivity contribution in [1.82, 2.24) is 9.55 Å². The molecule has 7 heteroatoms. The maximum atomic E-state index is 11.6. The van der Waals surface area contributed by atoms with Gasteiger partial charge in [-0.15, -0.1) is 0 Å². The minimum absolute atomic E-state index is 0.0374. The fourth-order valence-corrected chi connectivity index (χ4v) is 4.25. The molecule has 0 amide bonds. The van der Waals surface area contributed by atoms with Crippen LogP contribution in [0.3, 0.4) is 0 Å². The van der Waals surface area contributed by atoms with Crippen molar-refractivity contribution in [2.45, 2.75) is 18.9 Å². The Balaban J connectivity index is 1.73. The minimum atomic E-state index is -2.91. The van der Waals surface area contributed by atoms with E-state index in [1.165, 1.54) is 4.57 Å². The predicted octanol–water partition coefficient (Wildman–Crippen LogP) is 1.15. The van der Waals surface area contributed by atoms with Crippen molar-refractivity contribution in [3.05, 3.63) is 47.1 Å². The summed E-state index contributed by atoms with van der Waals surface area (Å²) in [7, 11) is -2.91. The summed E-state index contributed by atoms with van der Waals surface area (Å²) in [5.74, 6) is 0.479. The predicted molar refractivity (Wildman–Crippen MR) is 81.7 cm³/mol. The Morgan fingerprint density at radius 3 is 2.62 bits per heavy atom. The van der Waals surface area contributed by atoms with Gasteiger partial charge in [0.1, 0.15) is 0 Å². The molecule has 1 aliphatic rings. The number of nitrogens with zero attached hydrogens (tertiary/aromatic N) is 1. The van der Waals surface area contributed by atoms with E-state index in [0.29, 0.717) is 12.2 Å². The van der Waals surface area contributed by atoms with Crippen LogP contribution in [-0.4, -0.2) is 35.5 Å². The van der Waals surface area contributed by atoms with Gasteiger partial charge in [0.05, 0.1) is 17.2 Å². The van der Waals surface area contributed by atoms with Crippen LogP contribution in [0.4, 0.5) is 5.69 Å². The first-order valence-corrected chi connectivity index (χ1v) is 8.69. The Kier molecular flexibility index (Phi) is 3.59. The Morgan fingerprint density at radius 2 is 2.00 bits per heavy atom. The first-order chi connectivity index (χ1) is 10.0. The molecule has 112 valence electrons. The van der Waals surface area contributed by atoms with E-state index in [1.807, 2.05) is 24.3 Å². The highest BCUT2D eigenvalue weighted by Crippen LogP contribution is 2.18. The van der Waals surface area contributed by atoms with Crippen molar-refractivity contribution < 1.29 is 8.42 Å². The monoisotopic (exact) mass is 307 g/mol. The third kappa shape index (κ3) is 3.18. The molecule has 0 spiro atoms. The van der Waals surface area contributed by atoms with Gasteiger partial charge in [-0.05, 0) is 37.1 Å². The van der Waals surface area contributed by atoms with Crippen LogP contribution in [0.25, 0.3) is 5.69 Å². The van der Waals surface area contributed by atoms with Gasteiger partial charge in [-0.3, -0.25) is 4.57 Å². The second-order valence-electron chi connectivity index (χ2n) is 5.28. The number of benzene rings is 1. The zero-order valence-electron chi connectivity index (χ0n) is 11.5. The summed E-state index contributed by atoms with van der Waals surface area (Å²) < 4.78 is 24.7. The number of H-pyrrole nitrogens is 1. The summed E-state index contributed by atoms with van der Waals surface area (Å²) in [6.45, 7) is 0. The van der Waals surface area contributed by atoms with Crippen molar-refractivity contribution in [3.8, 4) is 5.69 Å². The molecule has 21 heavy (non-hydrogen) atoms. The second kappa shape index (κ2) is 5.40. The highest BCUT2D eigenvalue weighted by atomic mass is 32.2. The Hall–Kier alpha value is -2.02. The molecule has 6 nitrogen and oxygen atoms in total. The summed E-state index contributed by atoms with van der Waals surface area (Å²) in [5, 5.41) is 3.25. The van der Waals surface area contributed by atoms with Gasteiger partial charge in [0.25, 0.3) is 0 Å². The highest BCUT2D eigenvalue weighted by molar-refractivity contribution is 7.91. The van der Waals surface area contributed by atoms with E-state index in [0.717, 1.165) is 17.8 Å². The highest BCUT2D eigenvalue weighted by Gasteiger charge is 2.24. The Morgan fingerprint density at radius 1 is 1.24 bits per heavy atom. The fraction of sp³-hybridized carbons (Fsp3) is 0.357. The van der Waals surface area contributed by atoms with Crippen molar-refractivity contribution >= 4 is 15.5 Å². The first kappa shape index (κ1) is 13.9. The number of aromatic nitrogens is 2. The molecule has 0 radical (unpaired) electrons. The molecule has 3 rings (SSSR count). The van der Waals surface area contributed by atoms with Crippen LogP contribution in [0, 0.1) is 0 Å². The second-order valence-corrected chi connectivity index (χ2v) is 7.51. The largest absolute Gasteiger partial charge is 0.381 e. The van der Waals surface area contributed by atoms with E-state index in [4.69, 9.17) is 0 Å². The zero-order chi connectivity index (χ0) is 14.9. The number of rotatable bonds is 3. The van der Waals surface area contributed by atoms with Crippen LogP contribution >= 0.6 is 0 Å². The molecular weight excluding hydrogens is 290 g/mol. The topological polar surface area (TPSA) is 84.0 Å². The van der Waals surface area contributed by atoms with Crippen molar-refractivity contribution in [2.24, 2.45) is 0 Å². The van der Waals surface area contributed by atoms with Crippen LogP contribution in [0.15, 0.2) is 41.5 Å². The molecule has 2 N–H and O–H groups in total. The average Bonchev–Trinajstić information content (AvgIpc) is 2.85. The fourth-order valence-electron chi connectivity index (χ4n) is 2.61. The lowest BCUT2D eigenvalue weighted by molar-refractivity contribution is 0.562. The number of imidazole rings is 1. The van der Waals surface area contributed by atoms with Gasteiger partial charge in [-0.2, -0.15) is 0 Å². The lowest BCUT2D eigenvalue weighted by atomic mass is 10.1. The number of anilines is 1. The molecule has 2 heterocycles. The number of aromatic amines is 1. The Bertz CT molecular complexity index is 774. The number of hydrogen-bond donors (Lipinski definition) is 2. The van der Waals surface area contributed by atoms with Gasteiger partial charge < -0.3 is 10.3 Å². The van der Waals surface area contributed by atoms with E-state index >= 15 is 0 Å². The number of nitrogens with one attached hydrogen (secondary N) is 2. The molecule has 1 atom stereocenters. The molecule has 1 aliphatic heterocycles. The average molecular weight is 307 g/mol. The SMILES string of the molecule is O=c1[nH]ccn1-c1ccc(NC2CCCS(=O)(=O)C2)cc1. The molecule has 1 saturated heterocycles. The van der Waals surface area contributed by atoms with Crippen molar-refractivity contribution in [1.29, 1.82) is 0 Å². The molecule has 2 aromatic rings. The van der Waals surface area contributed by atoms with E-state index in [9.17, 15) is 13.2 Å². The van der Waals surface area contributed by atoms with Crippen LogP contribution < -0.4 is 11.0 Å². The maximum absolute atomic E-state index is 11.6. The molecule has 1 aromatic carbocycles. The summed E-state index contributed by atoms with van der Waals surface area (Å²) in [5.41, 5.74) is 1.45. The van der Waals surface area contributed by atoms with Gasteiger partial charge >= 0.3 is 5.69 Å². The number of hydrogen-bond acceptors (Lipinski definition) is 4. The van der Waals surface area contributed by atoms with Crippen LogP contribution in [0.1, 0.15) is 12.8 Å². The molecule has 0 aliphatic carbocycles. The zero-order valence-corrected chi connectivity index (χ0v) is 12.3. The van der Waals surface area contributed by atoms with Gasteiger partial charge in [0.2, 0.25) is 0 Å². The molecular formula is C14H17N3O3S. The van der Waals surface area contributed by atoms with Gasteiger partial charge in [0, 0.05) is 24.1 Å². The first-order valence-electron chi connectivity index (χ1n) is 6.87. The van der Waals surface area contributed by atoms with E-state index < -0.39 is 9.84 Å². The van der Waals surface area contributed by atoms with Crippen LogP contribution in [0.2, 0.25) is 0 Å². The normalized spacial score (nSPS) is 21.0. The Labute approximate surface area is 122 Å². The van der Waals surface area contributed by atoms with E-state index in [-0.39, 0.29) is 17.5 Å². The lowest BCUT2D eigenvalue weighted by Crippen LogP contribution is -2.34. The quantitative estimate of drug-likeness (QED) is 0.891. The number of sulfone groups is 1. The summed E-state index contributed by atoms with van der Waals surface area (Å²) >= 11 is 0. The molecule has 0 bridgehead atoms. The van der Waals surface area contributed by atoms with Gasteiger partial charge in [-0.25, -0.2) is 13.2 Å². The maximum Gasteiger partial charge on any atom is 0.330 e.